The van der Waals surface area contributed by atoms with E-state index in [1.807, 2.05) is 12.2 Å². The Labute approximate surface area is 86.6 Å². The summed E-state index contributed by atoms with van der Waals surface area (Å²) in [5.74, 6) is 0. The summed E-state index contributed by atoms with van der Waals surface area (Å²) in [6, 6.07) is 0. The first-order valence-corrected chi connectivity index (χ1v) is 5.08. The van der Waals surface area contributed by atoms with Crippen molar-refractivity contribution in [2.24, 2.45) is 0 Å². The molecule has 80 valence electrons. The first-order valence-electron chi connectivity index (χ1n) is 5.08. The van der Waals surface area contributed by atoms with Crippen LogP contribution in [-0.2, 0) is 9.47 Å². The largest absolute Gasteiger partial charge is 0.370 e. The Morgan fingerprint density at radius 3 is 1.64 bits per heavy atom. The van der Waals surface area contributed by atoms with Crippen LogP contribution in [0.4, 0.5) is 0 Å². The monoisotopic (exact) mass is 196 g/mol. The minimum atomic E-state index is -0.277. The van der Waals surface area contributed by atoms with E-state index in [2.05, 4.69) is 27.0 Å². The van der Waals surface area contributed by atoms with E-state index in [1.54, 1.807) is 0 Å². The van der Waals surface area contributed by atoms with Crippen molar-refractivity contribution in [3.8, 4) is 0 Å². The molecule has 1 saturated heterocycles. The molecule has 0 aromatic heterocycles. The maximum Gasteiger partial charge on any atom is 0.0978 e. The van der Waals surface area contributed by atoms with Crippen LogP contribution in [0, 0.1) is 0 Å². The van der Waals surface area contributed by atoms with E-state index in [1.165, 1.54) is 0 Å². The highest BCUT2D eigenvalue weighted by Crippen LogP contribution is 2.38. The molecule has 0 radical (unpaired) electrons. The molecule has 1 heterocycles. The Morgan fingerprint density at radius 1 is 1.00 bits per heavy atom. The van der Waals surface area contributed by atoms with Gasteiger partial charge in [-0.2, -0.15) is 0 Å². The van der Waals surface area contributed by atoms with E-state index in [4.69, 9.17) is 9.47 Å². The Hall–Kier alpha value is -0.600. The normalized spacial score (nSPS) is 37.9. The molecule has 2 unspecified atom stereocenters. The van der Waals surface area contributed by atoms with E-state index in [-0.39, 0.29) is 11.2 Å². The minimum Gasteiger partial charge on any atom is -0.370 e. The second-order valence-corrected chi connectivity index (χ2v) is 4.14. The summed E-state index contributed by atoms with van der Waals surface area (Å²) >= 11 is 0. The van der Waals surface area contributed by atoms with Gasteiger partial charge in [0.15, 0.2) is 0 Å². The smallest absolute Gasteiger partial charge is 0.0978 e. The Balaban J connectivity index is 2.85. The maximum atomic E-state index is 5.83. The molecule has 0 aromatic rings. The molecular weight excluding hydrogens is 176 g/mol. The molecule has 2 nitrogen and oxygen atoms in total. The van der Waals surface area contributed by atoms with Crippen LogP contribution in [0.3, 0.4) is 0 Å². The summed E-state index contributed by atoms with van der Waals surface area (Å²) < 4.78 is 11.7. The molecule has 0 saturated carbocycles. The number of hydrogen-bond donors (Lipinski definition) is 0. The van der Waals surface area contributed by atoms with Gasteiger partial charge >= 0.3 is 0 Å². The Bertz CT molecular complexity index is 200. The molecule has 0 aliphatic carbocycles. The number of hydrogen-bond acceptors (Lipinski definition) is 2. The molecule has 1 fully saturated rings. The fourth-order valence-electron chi connectivity index (χ4n) is 1.94. The molecule has 0 N–H and O–H groups in total. The fraction of sp³-hybridized carbons (Fsp3) is 0.667. The van der Waals surface area contributed by atoms with Crippen LogP contribution < -0.4 is 0 Å². The van der Waals surface area contributed by atoms with Crippen molar-refractivity contribution in [3.05, 3.63) is 25.3 Å². The van der Waals surface area contributed by atoms with Crippen LogP contribution in [0.15, 0.2) is 25.3 Å². The van der Waals surface area contributed by atoms with Crippen LogP contribution in [0.1, 0.15) is 26.7 Å². The SMILES string of the molecule is C=CCC1(C)OCCOC1(C)CC=C. The topological polar surface area (TPSA) is 18.5 Å². The van der Waals surface area contributed by atoms with Gasteiger partial charge in [0.1, 0.15) is 0 Å². The van der Waals surface area contributed by atoms with Crippen LogP contribution in [-0.4, -0.2) is 24.4 Å². The zero-order valence-corrected chi connectivity index (χ0v) is 9.21. The molecule has 2 heteroatoms. The summed E-state index contributed by atoms with van der Waals surface area (Å²) in [4.78, 5) is 0. The van der Waals surface area contributed by atoms with E-state index >= 15 is 0 Å². The van der Waals surface area contributed by atoms with Crippen LogP contribution in [0.2, 0.25) is 0 Å². The average molecular weight is 196 g/mol. The summed E-state index contributed by atoms with van der Waals surface area (Å²) in [5, 5.41) is 0. The highest BCUT2D eigenvalue weighted by Gasteiger charge is 2.47. The van der Waals surface area contributed by atoms with Gasteiger partial charge in [-0.25, -0.2) is 0 Å². The molecule has 1 rings (SSSR count). The molecule has 1 aliphatic heterocycles. The molecular formula is C12H20O2. The molecule has 0 amide bonds. The van der Waals surface area contributed by atoms with Gasteiger partial charge in [0.25, 0.3) is 0 Å². The second kappa shape index (κ2) is 4.28. The number of ether oxygens (including phenoxy) is 2. The lowest BCUT2D eigenvalue weighted by atomic mass is 9.79. The third-order valence-corrected chi connectivity index (χ3v) is 3.11. The predicted octanol–water partition coefficient (Wildman–Crippen LogP) is 2.70. The van der Waals surface area contributed by atoms with Crippen molar-refractivity contribution < 1.29 is 9.47 Å². The van der Waals surface area contributed by atoms with E-state index in [0.717, 1.165) is 12.8 Å². The molecule has 14 heavy (non-hydrogen) atoms. The predicted molar refractivity (Wildman–Crippen MR) is 58.3 cm³/mol. The van der Waals surface area contributed by atoms with Crippen molar-refractivity contribution in [2.75, 3.05) is 13.2 Å². The summed E-state index contributed by atoms with van der Waals surface area (Å²) in [6.07, 6.45) is 5.38. The third-order valence-electron chi connectivity index (χ3n) is 3.11. The lowest BCUT2D eigenvalue weighted by Crippen LogP contribution is -2.57. The summed E-state index contributed by atoms with van der Waals surface area (Å²) in [5.41, 5.74) is -0.553. The Morgan fingerprint density at radius 2 is 1.36 bits per heavy atom. The zero-order valence-electron chi connectivity index (χ0n) is 9.21. The van der Waals surface area contributed by atoms with Crippen molar-refractivity contribution in [1.82, 2.24) is 0 Å². The van der Waals surface area contributed by atoms with Crippen molar-refractivity contribution in [1.29, 1.82) is 0 Å². The molecule has 0 spiro atoms. The molecule has 0 aromatic carbocycles. The highest BCUT2D eigenvalue weighted by atomic mass is 16.6. The first kappa shape index (κ1) is 11.5. The van der Waals surface area contributed by atoms with Crippen molar-refractivity contribution in [2.45, 2.75) is 37.9 Å². The van der Waals surface area contributed by atoms with Crippen molar-refractivity contribution in [3.63, 3.8) is 0 Å². The molecule has 2 atom stereocenters. The van der Waals surface area contributed by atoms with Gasteiger partial charge in [-0.15, -0.1) is 13.2 Å². The van der Waals surface area contributed by atoms with E-state index in [0.29, 0.717) is 13.2 Å². The lowest BCUT2D eigenvalue weighted by Gasteiger charge is -2.48. The standard InChI is InChI=1S/C12H20O2/c1-5-7-11(3)12(4,8-6-2)14-10-9-13-11/h5-6H,1-2,7-10H2,3-4H3. The average Bonchev–Trinajstić information content (AvgIpc) is 2.12. The van der Waals surface area contributed by atoms with Crippen LogP contribution >= 0.6 is 0 Å². The van der Waals surface area contributed by atoms with Gasteiger partial charge in [-0.05, 0) is 26.7 Å². The Kier molecular flexibility index (Phi) is 3.51. The minimum absolute atomic E-state index is 0.277. The van der Waals surface area contributed by atoms with Gasteiger partial charge in [0.05, 0.1) is 24.4 Å². The highest BCUT2D eigenvalue weighted by molar-refractivity contribution is 5.04. The van der Waals surface area contributed by atoms with Crippen LogP contribution in [0.5, 0.6) is 0 Å². The van der Waals surface area contributed by atoms with E-state index in [9.17, 15) is 0 Å². The molecule has 1 aliphatic rings. The summed E-state index contributed by atoms with van der Waals surface area (Å²) in [7, 11) is 0. The lowest BCUT2D eigenvalue weighted by molar-refractivity contribution is -0.243. The quantitative estimate of drug-likeness (QED) is 0.644. The molecule has 0 bridgehead atoms. The van der Waals surface area contributed by atoms with Crippen molar-refractivity contribution >= 4 is 0 Å². The van der Waals surface area contributed by atoms with Gasteiger partial charge < -0.3 is 9.47 Å². The maximum absolute atomic E-state index is 5.83. The van der Waals surface area contributed by atoms with Crippen LogP contribution in [0.25, 0.3) is 0 Å². The van der Waals surface area contributed by atoms with Gasteiger partial charge in [0.2, 0.25) is 0 Å². The second-order valence-electron chi connectivity index (χ2n) is 4.14. The van der Waals surface area contributed by atoms with Gasteiger partial charge in [0, 0.05) is 0 Å². The fourth-order valence-corrected chi connectivity index (χ4v) is 1.94. The third kappa shape index (κ3) is 1.91. The first-order chi connectivity index (χ1) is 6.58. The zero-order chi connectivity index (χ0) is 10.7. The van der Waals surface area contributed by atoms with Gasteiger partial charge in [-0.3, -0.25) is 0 Å². The summed E-state index contributed by atoms with van der Waals surface area (Å²) in [6.45, 7) is 13.0. The van der Waals surface area contributed by atoms with Gasteiger partial charge in [-0.1, -0.05) is 12.2 Å². The number of rotatable bonds is 4. The van der Waals surface area contributed by atoms with E-state index < -0.39 is 0 Å².